The van der Waals surface area contributed by atoms with Gasteiger partial charge in [0.1, 0.15) is 10.8 Å². The first-order valence-corrected chi connectivity index (χ1v) is 4.87. The molecule has 1 aromatic rings. The lowest BCUT2D eigenvalue weighted by Gasteiger charge is -2.05. The first kappa shape index (κ1) is 9.68. The Labute approximate surface area is 79.9 Å². The van der Waals surface area contributed by atoms with Crippen LogP contribution in [0.3, 0.4) is 0 Å². The van der Waals surface area contributed by atoms with Gasteiger partial charge in [-0.05, 0) is 18.4 Å². The summed E-state index contributed by atoms with van der Waals surface area (Å²) < 4.78 is 18.1. The van der Waals surface area contributed by atoms with E-state index in [2.05, 4.69) is 0 Å². The van der Waals surface area contributed by atoms with Crippen molar-refractivity contribution in [3.05, 3.63) is 23.0 Å². The molecule has 0 amide bonds. The number of hydrogen-bond acceptors (Lipinski definition) is 2. The number of thioether (sulfide) groups is 1. The minimum Gasteiger partial charge on any atom is -0.495 e. The molecule has 0 aromatic heterocycles. The van der Waals surface area contributed by atoms with Crippen molar-refractivity contribution in [2.75, 3.05) is 13.4 Å². The summed E-state index contributed by atoms with van der Waals surface area (Å²) in [6.45, 7) is 0. The molecule has 0 aliphatic rings. The van der Waals surface area contributed by atoms with Gasteiger partial charge in [-0.2, -0.15) is 0 Å². The van der Waals surface area contributed by atoms with Crippen LogP contribution in [0.1, 0.15) is 0 Å². The van der Waals surface area contributed by atoms with E-state index in [0.29, 0.717) is 10.6 Å². The molecule has 0 spiro atoms. The molecule has 0 fully saturated rings. The molecule has 0 N–H and O–H groups in total. The monoisotopic (exact) mass is 206 g/mol. The Kier molecular flexibility index (Phi) is 3.23. The molecule has 0 atom stereocenters. The lowest BCUT2D eigenvalue weighted by atomic mass is 10.3. The molecule has 0 saturated carbocycles. The highest BCUT2D eigenvalue weighted by molar-refractivity contribution is 7.98. The third-order valence-electron chi connectivity index (χ3n) is 1.45. The van der Waals surface area contributed by atoms with Gasteiger partial charge in [-0.15, -0.1) is 11.8 Å². The van der Waals surface area contributed by atoms with Crippen molar-refractivity contribution in [2.45, 2.75) is 4.90 Å². The third-order valence-corrected chi connectivity index (χ3v) is 2.56. The van der Waals surface area contributed by atoms with Crippen LogP contribution in [0.4, 0.5) is 4.39 Å². The standard InChI is InChI=1S/C8H8ClFOS/c1-11-5-3-4-6(12-2)8(10)7(5)9/h3-4H,1-2H3. The molecule has 0 aliphatic heterocycles. The van der Waals surface area contributed by atoms with E-state index in [4.69, 9.17) is 16.3 Å². The Balaban J connectivity index is 3.20. The number of benzene rings is 1. The molecular formula is C8H8ClFOS. The van der Waals surface area contributed by atoms with Crippen LogP contribution in [0.15, 0.2) is 17.0 Å². The Hall–Kier alpha value is -0.410. The summed E-state index contributed by atoms with van der Waals surface area (Å²) in [4.78, 5) is 0.529. The zero-order valence-electron chi connectivity index (χ0n) is 6.73. The summed E-state index contributed by atoms with van der Waals surface area (Å²) in [5, 5.41) is 0.0457. The largest absolute Gasteiger partial charge is 0.495 e. The zero-order chi connectivity index (χ0) is 9.14. The van der Waals surface area contributed by atoms with E-state index in [0.717, 1.165) is 0 Å². The first-order chi connectivity index (χ1) is 5.70. The van der Waals surface area contributed by atoms with Gasteiger partial charge in [0, 0.05) is 4.90 Å². The lowest BCUT2D eigenvalue weighted by Crippen LogP contribution is -1.88. The molecule has 0 heterocycles. The third kappa shape index (κ3) is 1.67. The van der Waals surface area contributed by atoms with Gasteiger partial charge in [-0.1, -0.05) is 11.6 Å². The predicted molar refractivity (Wildman–Crippen MR) is 49.7 cm³/mol. The Morgan fingerprint density at radius 2 is 2.17 bits per heavy atom. The lowest BCUT2D eigenvalue weighted by molar-refractivity contribution is 0.410. The average Bonchev–Trinajstić information content (AvgIpc) is 2.10. The highest BCUT2D eigenvalue weighted by Gasteiger charge is 2.10. The molecule has 1 rings (SSSR count). The van der Waals surface area contributed by atoms with Gasteiger partial charge < -0.3 is 4.74 Å². The van der Waals surface area contributed by atoms with E-state index < -0.39 is 5.82 Å². The van der Waals surface area contributed by atoms with Crippen molar-refractivity contribution in [1.82, 2.24) is 0 Å². The van der Waals surface area contributed by atoms with Crippen LogP contribution < -0.4 is 4.74 Å². The first-order valence-electron chi connectivity index (χ1n) is 3.26. The van der Waals surface area contributed by atoms with E-state index in [-0.39, 0.29) is 5.02 Å². The van der Waals surface area contributed by atoms with Gasteiger partial charge in [0.2, 0.25) is 0 Å². The summed E-state index contributed by atoms with van der Waals surface area (Å²) in [7, 11) is 1.46. The number of methoxy groups -OCH3 is 1. The van der Waals surface area contributed by atoms with E-state index in [1.54, 1.807) is 18.4 Å². The van der Waals surface area contributed by atoms with Gasteiger partial charge >= 0.3 is 0 Å². The molecule has 4 heteroatoms. The fourth-order valence-corrected chi connectivity index (χ4v) is 1.61. The predicted octanol–water partition coefficient (Wildman–Crippen LogP) is 3.21. The summed E-state index contributed by atoms with van der Waals surface area (Å²) in [6.07, 6.45) is 1.79. The molecule has 0 unspecified atom stereocenters. The summed E-state index contributed by atoms with van der Waals surface area (Å²) in [5.41, 5.74) is 0. The van der Waals surface area contributed by atoms with Crippen LogP contribution in [-0.2, 0) is 0 Å². The van der Waals surface area contributed by atoms with Gasteiger partial charge in [0.15, 0.2) is 5.82 Å². The summed E-state index contributed by atoms with van der Waals surface area (Å²) in [6, 6.07) is 3.29. The molecular weight excluding hydrogens is 199 g/mol. The molecule has 1 aromatic carbocycles. The molecule has 0 bridgehead atoms. The molecule has 66 valence electrons. The van der Waals surface area contributed by atoms with Crippen molar-refractivity contribution in [1.29, 1.82) is 0 Å². The van der Waals surface area contributed by atoms with Crippen molar-refractivity contribution in [3.63, 3.8) is 0 Å². The second-order valence-corrected chi connectivity index (χ2v) is 3.32. The maximum atomic E-state index is 13.2. The van der Waals surface area contributed by atoms with Gasteiger partial charge in [0.25, 0.3) is 0 Å². The normalized spacial score (nSPS) is 10.0. The van der Waals surface area contributed by atoms with Crippen molar-refractivity contribution in [2.24, 2.45) is 0 Å². The van der Waals surface area contributed by atoms with Crippen LogP contribution >= 0.6 is 23.4 Å². The number of ether oxygens (including phenoxy) is 1. The number of hydrogen-bond donors (Lipinski definition) is 0. The summed E-state index contributed by atoms with van der Waals surface area (Å²) in [5.74, 6) is -0.0458. The van der Waals surface area contributed by atoms with Gasteiger partial charge in [-0.3, -0.25) is 0 Å². The molecule has 1 nitrogen and oxygen atoms in total. The van der Waals surface area contributed by atoms with Crippen LogP contribution in [0.5, 0.6) is 5.75 Å². The fraction of sp³-hybridized carbons (Fsp3) is 0.250. The van der Waals surface area contributed by atoms with Crippen LogP contribution in [0.25, 0.3) is 0 Å². The maximum absolute atomic E-state index is 13.2. The highest BCUT2D eigenvalue weighted by atomic mass is 35.5. The Morgan fingerprint density at radius 3 is 2.67 bits per heavy atom. The Bertz CT molecular complexity index is 262. The van der Waals surface area contributed by atoms with Crippen molar-refractivity contribution >= 4 is 23.4 Å². The number of halogens is 2. The van der Waals surface area contributed by atoms with Gasteiger partial charge in [-0.25, -0.2) is 4.39 Å². The fourth-order valence-electron chi connectivity index (χ4n) is 0.829. The maximum Gasteiger partial charge on any atom is 0.159 e. The number of rotatable bonds is 2. The second kappa shape index (κ2) is 4.01. The Morgan fingerprint density at radius 1 is 1.50 bits per heavy atom. The average molecular weight is 207 g/mol. The van der Waals surface area contributed by atoms with Gasteiger partial charge in [0.05, 0.1) is 7.11 Å². The second-order valence-electron chi connectivity index (χ2n) is 2.10. The smallest absolute Gasteiger partial charge is 0.159 e. The van der Waals surface area contributed by atoms with E-state index >= 15 is 0 Å². The minimum atomic E-state index is -0.413. The quantitative estimate of drug-likeness (QED) is 0.688. The van der Waals surface area contributed by atoms with E-state index in [1.807, 2.05) is 0 Å². The van der Waals surface area contributed by atoms with Crippen LogP contribution in [0.2, 0.25) is 5.02 Å². The van der Waals surface area contributed by atoms with Crippen molar-refractivity contribution in [3.8, 4) is 5.75 Å². The van der Waals surface area contributed by atoms with Crippen LogP contribution in [-0.4, -0.2) is 13.4 Å². The molecule has 0 radical (unpaired) electrons. The molecule has 12 heavy (non-hydrogen) atoms. The zero-order valence-corrected chi connectivity index (χ0v) is 8.30. The SMILES string of the molecule is COc1ccc(SC)c(F)c1Cl. The highest BCUT2D eigenvalue weighted by Crippen LogP contribution is 2.32. The van der Waals surface area contributed by atoms with E-state index in [1.165, 1.54) is 18.9 Å². The topological polar surface area (TPSA) is 9.23 Å². The van der Waals surface area contributed by atoms with E-state index in [9.17, 15) is 4.39 Å². The van der Waals surface area contributed by atoms with Crippen molar-refractivity contribution < 1.29 is 9.13 Å². The van der Waals surface area contributed by atoms with Crippen LogP contribution in [0, 0.1) is 5.82 Å². The minimum absolute atomic E-state index is 0.0457. The molecule has 0 aliphatic carbocycles. The molecule has 0 saturated heterocycles. The summed E-state index contributed by atoms with van der Waals surface area (Å²) >= 11 is 6.98.